The summed E-state index contributed by atoms with van der Waals surface area (Å²) in [6.07, 6.45) is 2.91. The van der Waals surface area contributed by atoms with E-state index >= 15 is 0 Å². The van der Waals surface area contributed by atoms with E-state index in [1.807, 2.05) is 6.20 Å². The summed E-state index contributed by atoms with van der Waals surface area (Å²) in [7, 11) is 0. The molecule has 140 valence electrons. The van der Waals surface area contributed by atoms with Crippen molar-refractivity contribution in [2.75, 3.05) is 26.2 Å². The number of nitrogens with zero attached hydrogens (tertiary/aromatic N) is 3. The van der Waals surface area contributed by atoms with Gasteiger partial charge in [-0.2, -0.15) is 5.10 Å². The number of rotatable bonds is 6. The van der Waals surface area contributed by atoms with Gasteiger partial charge in [0.1, 0.15) is 0 Å². The molecule has 0 spiro atoms. The maximum atomic E-state index is 4.23. The molecule has 4 heteroatoms. The van der Waals surface area contributed by atoms with Crippen LogP contribution in [0, 0.1) is 0 Å². The molecule has 27 heavy (non-hydrogen) atoms. The number of hydrogen-bond acceptors (Lipinski definition) is 3. The molecule has 0 saturated carbocycles. The first kappa shape index (κ1) is 18.0. The lowest BCUT2D eigenvalue weighted by Crippen LogP contribution is -2.47. The van der Waals surface area contributed by atoms with Crippen molar-refractivity contribution in [2.24, 2.45) is 0 Å². The normalized spacial score (nSPS) is 17.1. The van der Waals surface area contributed by atoms with Crippen LogP contribution >= 0.6 is 0 Å². The van der Waals surface area contributed by atoms with Crippen LogP contribution in [0.3, 0.4) is 0 Å². The molecule has 1 atom stereocenters. The third-order valence-corrected chi connectivity index (χ3v) is 5.57. The smallest absolute Gasteiger partial charge is 0.0774 e. The Hall–Kier alpha value is -2.43. The Labute approximate surface area is 161 Å². The molecular weight excluding hydrogens is 332 g/mol. The minimum Gasteiger partial charge on any atom is -0.297 e. The first-order valence-corrected chi connectivity index (χ1v) is 9.92. The van der Waals surface area contributed by atoms with Gasteiger partial charge in [-0.15, -0.1) is 0 Å². The van der Waals surface area contributed by atoms with E-state index < -0.39 is 0 Å². The Morgan fingerprint density at radius 3 is 2.37 bits per heavy atom. The molecule has 0 aliphatic carbocycles. The fourth-order valence-corrected chi connectivity index (χ4v) is 4.12. The molecule has 0 bridgehead atoms. The zero-order chi connectivity index (χ0) is 18.5. The average Bonchev–Trinajstić information content (AvgIpc) is 3.25. The van der Waals surface area contributed by atoms with Gasteiger partial charge in [0.25, 0.3) is 0 Å². The minimum absolute atomic E-state index is 0.252. The van der Waals surface area contributed by atoms with E-state index in [2.05, 4.69) is 87.6 Å². The number of hydrogen-bond donors (Lipinski definition) is 1. The number of H-pyrrole nitrogens is 1. The van der Waals surface area contributed by atoms with Gasteiger partial charge in [-0.25, -0.2) is 0 Å². The van der Waals surface area contributed by atoms with Gasteiger partial charge in [-0.1, -0.05) is 61.5 Å². The second-order valence-electron chi connectivity index (χ2n) is 7.26. The molecule has 4 rings (SSSR count). The maximum Gasteiger partial charge on any atom is 0.0774 e. The largest absolute Gasteiger partial charge is 0.297 e. The zero-order valence-corrected chi connectivity index (χ0v) is 16.0. The Kier molecular flexibility index (Phi) is 5.66. The van der Waals surface area contributed by atoms with Crippen LogP contribution < -0.4 is 0 Å². The van der Waals surface area contributed by atoms with Gasteiger partial charge < -0.3 is 0 Å². The topological polar surface area (TPSA) is 35.2 Å². The Morgan fingerprint density at radius 2 is 1.67 bits per heavy atom. The monoisotopic (exact) mass is 360 g/mol. The standard InChI is InChI=1S/C23H28N4/c1-2-20-10-6-7-11-21(20)23(22-12-13-24-25-22)27-16-14-26(15-17-27)18-19-8-4-3-5-9-19/h3-13,23H,2,14-18H2,1H3,(H,24,25). The lowest BCUT2D eigenvalue weighted by atomic mass is 9.94. The lowest BCUT2D eigenvalue weighted by Gasteiger charge is -2.39. The third-order valence-electron chi connectivity index (χ3n) is 5.57. The van der Waals surface area contributed by atoms with Gasteiger partial charge in [0.15, 0.2) is 0 Å². The van der Waals surface area contributed by atoms with E-state index in [-0.39, 0.29) is 6.04 Å². The van der Waals surface area contributed by atoms with Crippen LogP contribution in [0.15, 0.2) is 66.9 Å². The molecule has 1 aromatic heterocycles. The zero-order valence-electron chi connectivity index (χ0n) is 16.0. The summed E-state index contributed by atoms with van der Waals surface area (Å²) >= 11 is 0. The van der Waals surface area contributed by atoms with Crippen molar-refractivity contribution < 1.29 is 0 Å². The van der Waals surface area contributed by atoms with Crippen molar-refractivity contribution in [1.82, 2.24) is 20.0 Å². The number of benzene rings is 2. The van der Waals surface area contributed by atoms with Crippen LogP contribution in [0.25, 0.3) is 0 Å². The molecule has 4 nitrogen and oxygen atoms in total. The summed E-state index contributed by atoms with van der Waals surface area (Å²) in [6.45, 7) is 7.58. The molecule has 0 radical (unpaired) electrons. The fraction of sp³-hybridized carbons (Fsp3) is 0.348. The average molecular weight is 361 g/mol. The van der Waals surface area contributed by atoms with Crippen LogP contribution in [0.5, 0.6) is 0 Å². The van der Waals surface area contributed by atoms with E-state index in [0.29, 0.717) is 0 Å². The molecule has 2 aromatic carbocycles. The van der Waals surface area contributed by atoms with Gasteiger partial charge in [-0.05, 0) is 29.2 Å². The highest BCUT2D eigenvalue weighted by atomic mass is 15.3. The van der Waals surface area contributed by atoms with Crippen molar-refractivity contribution in [2.45, 2.75) is 25.9 Å². The number of aromatic nitrogens is 2. The van der Waals surface area contributed by atoms with Crippen molar-refractivity contribution in [1.29, 1.82) is 0 Å². The van der Waals surface area contributed by atoms with E-state index in [0.717, 1.165) is 39.1 Å². The second kappa shape index (κ2) is 8.51. The van der Waals surface area contributed by atoms with Crippen molar-refractivity contribution >= 4 is 0 Å². The van der Waals surface area contributed by atoms with E-state index in [1.165, 1.54) is 22.4 Å². The predicted octanol–water partition coefficient (Wildman–Crippen LogP) is 3.88. The SMILES string of the molecule is CCc1ccccc1C(c1ccn[nH]1)N1CCN(Cc2ccccc2)CC1. The highest BCUT2D eigenvalue weighted by molar-refractivity contribution is 5.35. The predicted molar refractivity (Wildman–Crippen MR) is 110 cm³/mol. The molecule has 1 saturated heterocycles. The molecule has 1 N–H and O–H groups in total. The minimum atomic E-state index is 0.252. The lowest BCUT2D eigenvalue weighted by molar-refractivity contribution is 0.103. The van der Waals surface area contributed by atoms with Crippen molar-refractivity contribution in [3.05, 3.63) is 89.2 Å². The molecule has 1 unspecified atom stereocenters. The van der Waals surface area contributed by atoms with E-state index in [1.54, 1.807) is 0 Å². The highest BCUT2D eigenvalue weighted by Gasteiger charge is 2.28. The molecule has 3 aromatic rings. The molecule has 0 amide bonds. The van der Waals surface area contributed by atoms with Gasteiger partial charge in [0.05, 0.1) is 11.7 Å². The maximum absolute atomic E-state index is 4.23. The van der Waals surface area contributed by atoms with Gasteiger partial charge in [-0.3, -0.25) is 14.9 Å². The number of nitrogens with one attached hydrogen (secondary N) is 1. The van der Waals surface area contributed by atoms with E-state index in [9.17, 15) is 0 Å². The second-order valence-corrected chi connectivity index (χ2v) is 7.26. The Bertz CT molecular complexity index is 821. The molecule has 1 aliphatic rings. The van der Waals surface area contributed by atoms with Crippen LogP contribution in [-0.2, 0) is 13.0 Å². The van der Waals surface area contributed by atoms with Gasteiger partial charge in [0.2, 0.25) is 0 Å². The summed E-state index contributed by atoms with van der Waals surface area (Å²) in [5.74, 6) is 0. The van der Waals surface area contributed by atoms with Crippen molar-refractivity contribution in [3.63, 3.8) is 0 Å². The van der Waals surface area contributed by atoms with Crippen LogP contribution in [0.4, 0.5) is 0 Å². The summed E-state index contributed by atoms with van der Waals surface area (Å²) in [5, 5.41) is 7.46. The number of piperazine rings is 1. The Balaban J connectivity index is 1.51. The summed E-state index contributed by atoms with van der Waals surface area (Å²) in [6, 6.07) is 22.0. The molecular formula is C23H28N4. The van der Waals surface area contributed by atoms with E-state index in [4.69, 9.17) is 0 Å². The van der Waals surface area contributed by atoms with Gasteiger partial charge in [0, 0.05) is 38.9 Å². The van der Waals surface area contributed by atoms with Crippen LogP contribution in [0.1, 0.15) is 35.3 Å². The molecule has 2 heterocycles. The molecule has 1 aliphatic heterocycles. The van der Waals surface area contributed by atoms with Crippen molar-refractivity contribution in [3.8, 4) is 0 Å². The quantitative estimate of drug-likeness (QED) is 0.724. The summed E-state index contributed by atoms with van der Waals surface area (Å²) in [4.78, 5) is 5.16. The van der Waals surface area contributed by atoms with Crippen LogP contribution in [-0.4, -0.2) is 46.2 Å². The third kappa shape index (κ3) is 4.12. The highest BCUT2D eigenvalue weighted by Crippen LogP contribution is 2.31. The van der Waals surface area contributed by atoms with Gasteiger partial charge >= 0.3 is 0 Å². The number of aromatic amines is 1. The fourth-order valence-electron chi connectivity index (χ4n) is 4.12. The Morgan fingerprint density at radius 1 is 0.926 bits per heavy atom. The molecule has 1 fully saturated rings. The summed E-state index contributed by atoms with van der Waals surface area (Å²) in [5.41, 5.74) is 5.41. The number of aryl methyl sites for hydroxylation is 1. The van der Waals surface area contributed by atoms with Crippen LogP contribution in [0.2, 0.25) is 0 Å². The first-order chi connectivity index (χ1) is 13.3. The summed E-state index contributed by atoms with van der Waals surface area (Å²) < 4.78 is 0. The first-order valence-electron chi connectivity index (χ1n) is 9.92.